The highest BCUT2D eigenvalue weighted by atomic mass is 19.3. The molecule has 0 spiro atoms. The summed E-state index contributed by atoms with van der Waals surface area (Å²) in [5.41, 5.74) is -1.88. The fourth-order valence-electron chi connectivity index (χ4n) is 0.949. The summed E-state index contributed by atoms with van der Waals surface area (Å²) < 4.78 is 49.9. The Kier molecular flexibility index (Phi) is 3.23. The van der Waals surface area contributed by atoms with Crippen molar-refractivity contribution in [3.63, 3.8) is 0 Å². The molecule has 0 bridgehead atoms. The van der Waals surface area contributed by atoms with Crippen LogP contribution in [0.15, 0.2) is 6.07 Å². The van der Waals surface area contributed by atoms with E-state index in [0.29, 0.717) is 6.07 Å². The smallest absolute Gasteiger partial charge is 0.308 e. The third-order valence-corrected chi connectivity index (χ3v) is 1.59. The molecule has 0 atom stereocenters. The van der Waals surface area contributed by atoms with E-state index in [2.05, 4.69) is 4.98 Å². The summed E-state index contributed by atoms with van der Waals surface area (Å²) in [7, 11) is 0. The van der Waals surface area contributed by atoms with Gasteiger partial charge in [0.1, 0.15) is 11.5 Å². The van der Waals surface area contributed by atoms with Crippen LogP contribution in [0.1, 0.15) is 17.7 Å². The molecule has 1 N–H and O–H groups in total. The molecule has 1 heterocycles. The van der Waals surface area contributed by atoms with Crippen LogP contribution in [0.4, 0.5) is 17.6 Å². The summed E-state index contributed by atoms with van der Waals surface area (Å²) in [5, 5.41) is 8.29. The van der Waals surface area contributed by atoms with Gasteiger partial charge >= 0.3 is 5.97 Å². The molecule has 0 aromatic carbocycles. The summed E-state index contributed by atoms with van der Waals surface area (Å²) in [5.74, 6) is -4.33. The average Bonchev–Trinajstić information content (AvgIpc) is 2.10. The van der Waals surface area contributed by atoms with Crippen molar-refractivity contribution in [2.24, 2.45) is 0 Å². The minimum Gasteiger partial charge on any atom is -0.481 e. The van der Waals surface area contributed by atoms with E-state index in [1.165, 1.54) is 0 Å². The van der Waals surface area contributed by atoms with Gasteiger partial charge in [-0.25, -0.2) is 18.2 Å². The van der Waals surface area contributed by atoms with Gasteiger partial charge in [0.05, 0.1) is 12.0 Å². The summed E-state index contributed by atoms with van der Waals surface area (Å²) in [6.07, 6.45) is -4.04. The number of pyridine rings is 1. The molecule has 0 fully saturated rings. The standard InChI is InChI=1S/C8H5F4NO2/c9-4-2-5(7(10)11)13-8(12)3(4)1-6(14)15/h2,7H,1H2,(H,14,15). The molecular formula is C8H5F4NO2. The van der Waals surface area contributed by atoms with Crippen molar-refractivity contribution in [1.29, 1.82) is 0 Å². The largest absolute Gasteiger partial charge is 0.481 e. The van der Waals surface area contributed by atoms with Gasteiger partial charge in [0.25, 0.3) is 6.43 Å². The first-order valence-electron chi connectivity index (χ1n) is 3.76. The van der Waals surface area contributed by atoms with E-state index in [4.69, 9.17) is 5.11 Å². The Balaban J connectivity index is 3.15. The van der Waals surface area contributed by atoms with Crippen LogP contribution in [0.25, 0.3) is 0 Å². The maximum atomic E-state index is 13.0. The zero-order valence-corrected chi connectivity index (χ0v) is 7.18. The van der Waals surface area contributed by atoms with E-state index < -0.39 is 41.8 Å². The van der Waals surface area contributed by atoms with E-state index in [1.54, 1.807) is 0 Å². The lowest BCUT2D eigenvalue weighted by Crippen LogP contribution is -2.08. The predicted molar refractivity (Wildman–Crippen MR) is 40.4 cm³/mol. The lowest BCUT2D eigenvalue weighted by molar-refractivity contribution is -0.136. The maximum absolute atomic E-state index is 13.0. The van der Waals surface area contributed by atoms with Gasteiger partial charge in [0, 0.05) is 6.07 Å². The van der Waals surface area contributed by atoms with Gasteiger partial charge in [-0.05, 0) is 0 Å². The van der Waals surface area contributed by atoms with E-state index in [1.807, 2.05) is 0 Å². The van der Waals surface area contributed by atoms with Crippen molar-refractivity contribution in [1.82, 2.24) is 4.98 Å². The van der Waals surface area contributed by atoms with E-state index in [-0.39, 0.29) is 0 Å². The molecule has 0 radical (unpaired) electrons. The van der Waals surface area contributed by atoms with Crippen LogP contribution in [0, 0.1) is 11.8 Å². The van der Waals surface area contributed by atoms with Crippen LogP contribution in [-0.2, 0) is 11.2 Å². The second-order valence-electron chi connectivity index (χ2n) is 2.67. The Hall–Kier alpha value is -1.66. The number of aromatic nitrogens is 1. The van der Waals surface area contributed by atoms with Crippen molar-refractivity contribution < 1.29 is 27.5 Å². The molecule has 0 aliphatic heterocycles. The van der Waals surface area contributed by atoms with Gasteiger partial charge < -0.3 is 5.11 Å². The van der Waals surface area contributed by atoms with Gasteiger partial charge in [0.2, 0.25) is 5.95 Å². The SMILES string of the molecule is O=C(O)Cc1c(F)cc(C(F)F)nc1F. The summed E-state index contributed by atoms with van der Waals surface area (Å²) in [6.45, 7) is 0. The number of carboxylic acid groups (broad SMARTS) is 1. The molecule has 0 aliphatic carbocycles. The highest BCUT2D eigenvalue weighted by Gasteiger charge is 2.19. The second-order valence-corrected chi connectivity index (χ2v) is 2.67. The number of nitrogens with zero attached hydrogens (tertiary/aromatic N) is 1. The maximum Gasteiger partial charge on any atom is 0.308 e. The quantitative estimate of drug-likeness (QED) is 0.629. The lowest BCUT2D eigenvalue weighted by Gasteiger charge is -2.04. The zero-order valence-electron chi connectivity index (χ0n) is 7.18. The predicted octanol–water partition coefficient (Wildman–Crippen LogP) is 1.92. The zero-order chi connectivity index (χ0) is 11.6. The number of aliphatic carboxylic acids is 1. The van der Waals surface area contributed by atoms with Gasteiger partial charge in [0.15, 0.2) is 0 Å². The summed E-state index contributed by atoms with van der Waals surface area (Å²) >= 11 is 0. The van der Waals surface area contributed by atoms with Crippen molar-refractivity contribution in [2.75, 3.05) is 0 Å². The van der Waals surface area contributed by atoms with E-state index >= 15 is 0 Å². The van der Waals surface area contributed by atoms with E-state index in [9.17, 15) is 22.4 Å². The average molecular weight is 223 g/mol. The summed E-state index contributed by atoms with van der Waals surface area (Å²) in [4.78, 5) is 12.9. The Morgan fingerprint density at radius 1 is 1.47 bits per heavy atom. The fraction of sp³-hybridized carbons (Fsp3) is 0.250. The van der Waals surface area contributed by atoms with Crippen LogP contribution in [0.3, 0.4) is 0 Å². The van der Waals surface area contributed by atoms with Gasteiger partial charge in [-0.15, -0.1) is 0 Å². The minimum absolute atomic E-state index is 0.325. The van der Waals surface area contributed by atoms with Crippen LogP contribution in [0.5, 0.6) is 0 Å². The van der Waals surface area contributed by atoms with Crippen LogP contribution >= 0.6 is 0 Å². The van der Waals surface area contributed by atoms with Crippen LogP contribution < -0.4 is 0 Å². The van der Waals surface area contributed by atoms with E-state index in [0.717, 1.165) is 0 Å². The Bertz CT molecular complexity index is 371. The second kappa shape index (κ2) is 4.24. The third-order valence-electron chi connectivity index (χ3n) is 1.59. The Labute approximate surface area is 81.4 Å². The third kappa shape index (κ3) is 2.64. The molecule has 1 rings (SSSR count). The Morgan fingerprint density at radius 3 is 2.47 bits per heavy atom. The molecule has 3 nitrogen and oxygen atoms in total. The first-order chi connectivity index (χ1) is 6.91. The number of carbonyl (C=O) groups is 1. The summed E-state index contributed by atoms with van der Waals surface area (Å²) in [6, 6.07) is 0.325. The van der Waals surface area contributed by atoms with Gasteiger partial charge in [-0.1, -0.05) is 0 Å². The number of carboxylic acids is 1. The molecule has 15 heavy (non-hydrogen) atoms. The van der Waals surface area contributed by atoms with Gasteiger partial charge in [-0.2, -0.15) is 4.39 Å². The van der Waals surface area contributed by atoms with Crippen molar-refractivity contribution in [2.45, 2.75) is 12.8 Å². The van der Waals surface area contributed by atoms with Crippen LogP contribution in [0.2, 0.25) is 0 Å². The Morgan fingerprint density at radius 2 is 2.07 bits per heavy atom. The van der Waals surface area contributed by atoms with Crippen molar-refractivity contribution >= 4 is 5.97 Å². The molecule has 0 saturated heterocycles. The molecule has 82 valence electrons. The lowest BCUT2D eigenvalue weighted by atomic mass is 10.2. The molecule has 0 amide bonds. The normalized spacial score (nSPS) is 10.7. The molecule has 7 heteroatoms. The first-order valence-corrected chi connectivity index (χ1v) is 3.76. The van der Waals surface area contributed by atoms with Crippen molar-refractivity contribution in [3.8, 4) is 0 Å². The topological polar surface area (TPSA) is 50.2 Å². The molecule has 0 saturated carbocycles. The molecule has 0 unspecified atom stereocenters. The first kappa shape index (κ1) is 11.4. The number of halogens is 4. The monoisotopic (exact) mass is 223 g/mol. The number of rotatable bonds is 3. The molecule has 1 aromatic heterocycles. The number of alkyl halides is 2. The van der Waals surface area contributed by atoms with Crippen molar-refractivity contribution in [3.05, 3.63) is 29.1 Å². The van der Waals surface area contributed by atoms with Crippen LogP contribution in [-0.4, -0.2) is 16.1 Å². The molecular weight excluding hydrogens is 218 g/mol. The molecule has 1 aromatic rings. The highest BCUT2D eigenvalue weighted by Crippen LogP contribution is 2.20. The number of hydrogen-bond acceptors (Lipinski definition) is 2. The molecule has 0 aliphatic rings. The van der Waals surface area contributed by atoms with Gasteiger partial charge in [-0.3, -0.25) is 4.79 Å². The fourth-order valence-corrected chi connectivity index (χ4v) is 0.949. The highest BCUT2D eigenvalue weighted by molar-refractivity contribution is 5.70. The number of hydrogen-bond donors (Lipinski definition) is 1. The minimum atomic E-state index is -3.10.